The maximum Gasteiger partial charge on any atom is 0.343 e. The Balaban J connectivity index is 1.56. The largest absolute Gasteiger partial charge is 0.494 e. The van der Waals surface area contributed by atoms with E-state index in [2.05, 4.69) is 15.8 Å². The zero-order valence-corrected chi connectivity index (χ0v) is 22.7. The first kappa shape index (κ1) is 29.5. The fraction of sp³-hybridized carbons (Fsp3) is 0.241. The van der Waals surface area contributed by atoms with Gasteiger partial charge in [-0.15, -0.1) is 0 Å². The van der Waals surface area contributed by atoms with Crippen molar-refractivity contribution in [2.45, 2.75) is 13.8 Å². The highest BCUT2D eigenvalue weighted by Gasteiger charge is 2.14. The van der Waals surface area contributed by atoms with E-state index < -0.39 is 17.8 Å². The summed E-state index contributed by atoms with van der Waals surface area (Å²) in [4.78, 5) is 37.1. The van der Waals surface area contributed by atoms with Gasteiger partial charge in [-0.1, -0.05) is 0 Å². The third-order valence-corrected chi connectivity index (χ3v) is 5.33. The highest BCUT2D eigenvalue weighted by molar-refractivity contribution is 5.97. The lowest BCUT2D eigenvalue weighted by Gasteiger charge is -2.11. The molecule has 0 aliphatic heterocycles. The number of hydrazone groups is 1. The van der Waals surface area contributed by atoms with Crippen molar-refractivity contribution in [3.05, 3.63) is 77.4 Å². The van der Waals surface area contributed by atoms with Gasteiger partial charge in [0.15, 0.2) is 23.0 Å². The Hall–Kier alpha value is -5.06. The van der Waals surface area contributed by atoms with Gasteiger partial charge < -0.3 is 29.0 Å². The number of amides is 2. The van der Waals surface area contributed by atoms with E-state index in [1.165, 1.54) is 26.5 Å². The minimum Gasteiger partial charge on any atom is -0.494 e. The number of benzene rings is 3. The molecule has 0 aromatic heterocycles. The van der Waals surface area contributed by atoms with Gasteiger partial charge in [-0.05, 0) is 80.1 Å². The lowest BCUT2D eigenvalue weighted by atomic mass is 10.2. The molecule has 0 aliphatic carbocycles. The van der Waals surface area contributed by atoms with Crippen LogP contribution in [0.3, 0.4) is 0 Å². The number of rotatable bonds is 13. The molecule has 3 aromatic carbocycles. The summed E-state index contributed by atoms with van der Waals surface area (Å²) < 4.78 is 26.9. The zero-order valence-electron chi connectivity index (χ0n) is 22.7. The van der Waals surface area contributed by atoms with E-state index in [-0.39, 0.29) is 12.3 Å². The van der Waals surface area contributed by atoms with Gasteiger partial charge in [-0.2, -0.15) is 5.10 Å². The molecule has 0 saturated carbocycles. The summed E-state index contributed by atoms with van der Waals surface area (Å²) in [6, 6.07) is 16.1. The fourth-order valence-electron chi connectivity index (χ4n) is 3.43. The van der Waals surface area contributed by atoms with Gasteiger partial charge in [-0.3, -0.25) is 9.59 Å². The number of carbonyl (C=O) groups is 3. The highest BCUT2D eigenvalue weighted by atomic mass is 16.6. The molecule has 0 heterocycles. The Morgan fingerprint density at radius 3 is 2.12 bits per heavy atom. The van der Waals surface area contributed by atoms with Crippen LogP contribution in [0.1, 0.15) is 40.1 Å². The standard InChI is InChI=1S/C29H31N3O8/c1-5-38-22-11-8-20(9-12-22)29(35)40-24-13-7-19(15-26(24)39-6-2)17-31-32-27(33)18-30-28(34)21-10-14-23(36-3)25(16-21)37-4/h7-17H,5-6,18H2,1-4H3,(H,30,34)(H,32,33)/b31-17-. The molecule has 0 fully saturated rings. The second kappa shape index (κ2) is 14.8. The normalized spacial score (nSPS) is 10.5. The molecule has 0 saturated heterocycles. The van der Waals surface area contributed by atoms with E-state index in [4.69, 9.17) is 23.7 Å². The summed E-state index contributed by atoms with van der Waals surface area (Å²) in [6.45, 7) is 4.25. The summed E-state index contributed by atoms with van der Waals surface area (Å²) in [5.41, 5.74) is 3.59. The summed E-state index contributed by atoms with van der Waals surface area (Å²) in [5, 5.41) is 6.43. The molecular formula is C29H31N3O8. The minimum absolute atomic E-state index is 0.236. The second-order valence-corrected chi connectivity index (χ2v) is 8.03. The van der Waals surface area contributed by atoms with Crippen molar-refractivity contribution in [1.82, 2.24) is 10.7 Å². The molecule has 40 heavy (non-hydrogen) atoms. The molecule has 3 aromatic rings. The lowest BCUT2D eigenvalue weighted by molar-refractivity contribution is -0.120. The summed E-state index contributed by atoms with van der Waals surface area (Å²) in [7, 11) is 2.96. The van der Waals surface area contributed by atoms with E-state index in [0.29, 0.717) is 52.9 Å². The summed E-state index contributed by atoms with van der Waals surface area (Å²) in [5.74, 6) is 0.565. The monoisotopic (exact) mass is 549 g/mol. The molecule has 210 valence electrons. The van der Waals surface area contributed by atoms with Gasteiger partial charge in [0.2, 0.25) is 0 Å². The van der Waals surface area contributed by atoms with Crippen molar-refractivity contribution in [1.29, 1.82) is 0 Å². The molecule has 0 atom stereocenters. The van der Waals surface area contributed by atoms with Gasteiger partial charge in [0.05, 0.1) is 45.8 Å². The Morgan fingerprint density at radius 1 is 0.775 bits per heavy atom. The van der Waals surface area contributed by atoms with Crippen molar-refractivity contribution < 1.29 is 38.1 Å². The Kier molecular flexibility index (Phi) is 10.9. The zero-order chi connectivity index (χ0) is 28.9. The quantitative estimate of drug-likeness (QED) is 0.143. The van der Waals surface area contributed by atoms with Crippen LogP contribution in [-0.2, 0) is 4.79 Å². The number of nitrogens with one attached hydrogen (secondary N) is 2. The number of nitrogens with zero attached hydrogens (tertiary/aromatic N) is 1. The second-order valence-electron chi connectivity index (χ2n) is 8.03. The SMILES string of the molecule is CCOc1ccc(C(=O)Oc2ccc(/C=N\NC(=O)CNC(=O)c3ccc(OC)c(OC)c3)cc2OCC)cc1. The highest BCUT2D eigenvalue weighted by Crippen LogP contribution is 2.29. The van der Waals surface area contributed by atoms with Crippen LogP contribution >= 0.6 is 0 Å². The lowest BCUT2D eigenvalue weighted by Crippen LogP contribution is -2.34. The average molecular weight is 550 g/mol. The minimum atomic E-state index is -0.548. The van der Waals surface area contributed by atoms with E-state index in [9.17, 15) is 14.4 Å². The molecule has 0 aliphatic rings. The average Bonchev–Trinajstić information content (AvgIpc) is 2.97. The van der Waals surface area contributed by atoms with Crippen LogP contribution in [0.2, 0.25) is 0 Å². The number of ether oxygens (including phenoxy) is 5. The molecule has 2 amide bonds. The molecule has 0 unspecified atom stereocenters. The first-order valence-electron chi connectivity index (χ1n) is 12.4. The maximum atomic E-state index is 12.6. The number of methoxy groups -OCH3 is 2. The molecule has 0 radical (unpaired) electrons. The van der Waals surface area contributed by atoms with Crippen molar-refractivity contribution in [3.8, 4) is 28.7 Å². The Morgan fingerprint density at radius 2 is 1.45 bits per heavy atom. The summed E-state index contributed by atoms with van der Waals surface area (Å²) in [6.07, 6.45) is 1.40. The Labute approximate surface area is 232 Å². The van der Waals surface area contributed by atoms with Crippen molar-refractivity contribution in [2.24, 2.45) is 5.10 Å². The van der Waals surface area contributed by atoms with Crippen LogP contribution in [0.25, 0.3) is 0 Å². The topological polar surface area (TPSA) is 134 Å². The van der Waals surface area contributed by atoms with Crippen LogP contribution in [0.15, 0.2) is 65.8 Å². The molecule has 0 bridgehead atoms. The molecule has 0 spiro atoms. The third-order valence-electron chi connectivity index (χ3n) is 5.33. The van der Waals surface area contributed by atoms with E-state index in [1.807, 2.05) is 6.92 Å². The van der Waals surface area contributed by atoms with E-state index in [0.717, 1.165) is 0 Å². The third kappa shape index (κ3) is 8.22. The van der Waals surface area contributed by atoms with Gasteiger partial charge in [0.1, 0.15) is 5.75 Å². The molecule has 11 nitrogen and oxygen atoms in total. The number of hydrogen-bond acceptors (Lipinski definition) is 9. The molecule has 2 N–H and O–H groups in total. The van der Waals surface area contributed by atoms with E-state index >= 15 is 0 Å². The molecule has 11 heteroatoms. The predicted octanol–water partition coefficient (Wildman–Crippen LogP) is 3.60. The van der Waals surface area contributed by atoms with Crippen LogP contribution in [0, 0.1) is 0 Å². The number of hydrogen-bond donors (Lipinski definition) is 2. The first-order valence-corrected chi connectivity index (χ1v) is 12.4. The number of esters is 1. The maximum absolute atomic E-state index is 12.6. The van der Waals surface area contributed by atoms with Gasteiger partial charge in [0.25, 0.3) is 11.8 Å². The molecular weight excluding hydrogens is 518 g/mol. The summed E-state index contributed by atoms with van der Waals surface area (Å²) >= 11 is 0. The van der Waals surface area contributed by atoms with Crippen molar-refractivity contribution >= 4 is 24.0 Å². The fourth-order valence-corrected chi connectivity index (χ4v) is 3.43. The van der Waals surface area contributed by atoms with Crippen molar-refractivity contribution in [2.75, 3.05) is 34.0 Å². The van der Waals surface area contributed by atoms with Gasteiger partial charge in [0, 0.05) is 5.56 Å². The molecule has 3 rings (SSSR count). The van der Waals surface area contributed by atoms with Crippen LogP contribution in [0.5, 0.6) is 28.7 Å². The van der Waals surface area contributed by atoms with Crippen LogP contribution in [0.4, 0.5) is 0 Å². The smallest absolute Gasteiger partial charge is 0.343 e. The van der Waals surface area contributed by atoms with Gasteiger partial charge in [-0.25, -0.2) is 10.2 Å². The van der Waals surface area contributed by atoms with Crippen molar-refractivity contribution in [3.63, 3.8) is 0 Å². The number of carbonyl (C=O) groups excluding carboxylic acids is 3. The predicted molar refractivity (Wildman–Crippen MR) is 148 cm³/mol. The van der Waals surface area contributed by atoms with Gasteiger partial charge >= 0.3 is 5.97 Å². The van der Waals surface area contributed by atoms with E-state index in [1.54, 1.807) is 61.5 Å². The van der Waals surface area contributed by atoms with Crippen LogP contribution in [-0.4, -0.2) is 58.0 Å². The first-order chi connectivity index (χ1) is 19.4. The van der Waals surface area contributed by atoms with Crippen LogP contribution < -0.4 is 34.4 Å². The Bertz CT molecular complexity index is 1360.